The Morgan fingerprint density at radius 1 is 1.61 bits per heavy atom. The lowest BCUT2D eigenvalue weighted by Gasteiger charge is -2.29. The molecule has 4 heteroatoms. The highest BCUT2D eigenvalue weighted by Crippen LogP contribution is 2.16. The molecule has 2 rings (SSSR count). The van der Waals surface area contributed by atoms with Gasteiger partial charge < -0.3 is 10.2 Å². The topological polar surface area (TPSA) is 45.2 Å². The van der Waals surface area contributed by atoms with Crippen LogP contribution < -0.4 is 5.32 Å². The summed E-state index contributed by atoms with van der Waals surface area (Å²) in [7, 11) is 0. The fourth-order valence-electron chi connectivity index (χ4n) is 2.30. The monoisotopic (exact) mass is 247 g/mol. The SMILES string of the molecule is CC(C)N(Cc1cccnc1)C(=O)C1CCNC1. The van der Waals surface area contributed by atoms with Crippen LogP contribution in [-0.4, -0.2) is 34.9 Å². The second-order valence-electron chi connectivity index (χ2n) is 5.11. The molecule has 0 radical (unpaired) electrons. The summed E-state index contributed by atoms with van der Waals surface area (Å²) in [4.78, 5) is 18.5. The molecular formula is C14H21N3O. The first-order valence-electron chi connectivity index (χ1n) is 6.58. The van der Waals surface area contributed by atoms with E-state index in [1.165, 1.54) is 0 Å². The summed E-state index contributed by atoms with van der Waals surface area (Å²) in [6.45, 7) is 6.55. The van der Waals surface area contributed by atoms with Crippen molar-refractivity contribution in [2.75, 3.05) is 13.1 Å². The summed E-state index contributed by atoms with van der Waals surface area (Å²) < 4.78 is 0. The first-order valence-corrected chi connectivity index (χ1v) is 6.58. The summed E-state index contributed by atoms with van der Waals surface area (Å²) >= 11 is 0. The molecule has 0 aliphatic carbocycles. The van der Waals surface area contributed by atoms with Crippen LogP contribution in [0.2, 0.25) is 0 Å². The van der Waals surface area contributed by atoms with Crippen molar-refractivity contribution in [2.24, 2.45) is 5.92 Å². The van der Waals surface area contributed by atoms with Crippen LogP contribution >= 0.6 is 0 Å². The Hall–Kier alpha value is -1.42. The zero-order valence-electron chi connectivity index (χ0n) is 11.1. The molecule has 1 aromatic rings. The molecule has 0 saturated carbocycles. The Balaban J connectivity index is 2.06. The largest absolute Gasteiger partial charge is 0.336 e. The predicted octanol–water partition coefficient (Wildman–Crippen LogP) is 1.43. The zero-order chi connectivity index (χ0) is 13.0. The summed E-state index contributed by atoms with van der Waals surface area (Å²) in [6, 6.07) is 4.15. The van der Waals surface area contributed by atoms with E-state index >= 15 is 0 Å². The molecule has 1 aliphatic rings. The number of hydrogen-bond acceptors (Lipinski definition) is 3. The maximum absolute atomic E-state index is 12.5. The normalized spacial score (nSPS) is 19.2. The lowest BCUT2D eigenvalue weighted by Crippen LogP contribution is -2.41. The molecule has 1 unspecified atom stereocenters. The summed E-state index contributed by atoms with van der Waals surface area (Å²) in [6.07, 6.45) is 4.54. The van der Waals surface area contributed by atoms with Gasteiger partial charge in [0.05, 0.1) is 5.92 Å². The standard InChI is InChI=1S/C14H21N3O/c1-11(2)17(10-12-4-3-6-15-8-12)14(18)13-5-7-16-9-13/h3-4,6,8,11,13,16H,5,7,9-10H2,1-2H3. The predicted molar refractivity (Wildman–Crippen MR) is 70.9 cm³/mol. The average molecular weight is 247 g/mol. The number of aromatic nitrogens is 1. The lowest BCUT2D eigenvalue weighted by atomic mass is 10.1. The van der Waals surface area contributed by atoms with E-state index in [4.69, 9.17) is 0 Å². The van der Waals surface area contributed by atoms with E-state index < -0.39 is 0 Å². The molecule has 0 aromatic carbocycles. The van der Waals surface area contributed by atoms with Gasteiger partial charge in [-0.05, 0) is 38.4 Å². The zero-order valence-corrected chi connectivity index (χ0v) is 11.1. The quantitative estimate of drug-likeness (QED) is 0.875. The fraction of sp³-hybridized carbons (Fsp3) is 0.571. The Morgan fingerprint density at radius 3 is 3.00 bits per heavy atom. The van der Waals surface area contributed by atoms with Crippen LogP contribution in [0.1, 0.15) is 25.8 Å². The van der Waals surface area contributed by atoms with Crippen molar-refractivity contribution in [1.29, 1.82) is 0 Å². The molecule has 0 spiro atoms. The Morgan fingerprint density at radius 2 is 2.44 bits per heavy atom. The summed E-state index contributed by atoms with van der Waals surface area (Å²) in [5, 5.41) is 3.25. The molecule has 1 aromatic heterocycles. The average Bonchev–Trinajstić information content (AvgIpc) is 2.90. The number of carbonyl (C=O) groups excluding carboxylic acids is 1. The smallest absolute Gasteiger partial charge is 0.227 e. The van der Waals surface area contributed by atoms with E-state index in [1.807, 2.05) is 23.2 Å². The molecule has 4 nitrogen and oxygen atoms in total. The minimum Gasteiger partial charge on any atom is -0.336 e. The molecule has 1 saturated heterocycles. The third-order valence-corrected chi connectivity index (χ3v) is 3.39. The molecule has 1 N–H and O–H groups in total. The number of hydrogen-bond donors (Lipinski definition) is 1. The first kappa shape index (κ1) is 13.0. The molecule has 0 bridgehead atoms. The van der Waals surface area contributed by atoms with E-state index in [-0.39, 0.29) is 17.9 Å². The van der Waals surface area contributed by atoms with Crippen LogP contribution in [0.15, 0.2) is 24.5 Å². The summed E-state index contributed by atoms with van der Waals surface area (Å²) in [5.41, 5.74) is 1.09. The third-order valence-electron chi connectivity index (χ3n) is 3.39. The molecule has 1 aliphatic heterocycles. The highest BCUT2D eigenvalue weighted by molar-refractivity contribution is 5.79. The second-order valence-corrected chi connectivity index (χ2v) is 5.11. The molecule has 1 fully saturated rings. The van der Waals surface area contributed by atoms with Crippen LogP contribution in [0.5, 0.6) is 0 Å². The van der Waals surface area contributed by atoms with Crippen LogP contribution in [0.3, 0.4) is 0 Å². The number of amides is 1. The van der Waals surface area contributed by atoms with E-state index in [0.717, 1.165) is 25.1 Å². The Labute approximate surface area is 108 Å². The van der Waals surface area contributed by atoms with Crippen LogP contribution in [0, 0.1) is 5.92 Å². The fourth-order valence-corrected chi connectivity index (χ4v) is 2.30. The molecule has 98 valence electrons. The number of nitrogens with one attached hydrogen (secondary N) is 1. The van der Waals surface area contributed by atoms with Gasteiger partial charge in [0.25, 0.3) is 0 Å². The van der Waals surface area contributed by atoms with E-state index in [1.54, 1.807) is 6.20 Å². The van der Waals surface area contributed by atoms with Gasteiger partial charge in [-0.25, -0.2) is 0 Å². The van der Waals surface area contributed by atoms with Crippen LogP contribution in [0.4, 0.5) is 0 Å². The van der Waals surface area contributed by atoms with Gasteiger partial charge >= 0.3 is 0 Å². The van der Waals surface area contributed by atoms with Crippen molar-refractivity contribution >= 4 is 5.91 Å². The van der Waals surface area contributed by atoms with Gasteiger partial charge in [0.15, 0.2) is 0 Å². The van der Waals surface area contributed by atoms with Crippen LogP contribution in [-0.2, 0) is 11.3 Å². The minimum absolute atomic E-state index is 0.143. The van der Waals surface area contributed by atoms with Crippen LogP contribution in [0.25, 0.3) is 0 Å². The van der Waals surface area contributed by atoms with E-state index in [2.05, 4.69) is 24.1 Å². The van der Waals surface area contributed by atoms with Gasteiger partial charge in [-0.2, -0.15) is 0 Å². The van der Waals surface area contributed by atoms with Crippen molar-refractivity contribution in [3.8, 4) is 0 Å². The first-order chi connectivity index (χ1) is 8.68. The molecule has 1 atom stereocenters. The van der Waals surface area contributed by atoms with E-state index in [0.29, 0.717) is 6.54 Å². The minimum atomic E-state index is 0.143. The molecular weight excluding hydrogens is 226 g/mol. The third kappa shape index (κ3) is 3.07. The van der Waals surface area contributed by atoms with Gasteiger partial charge in [0.1, 0.15) is 0 Å². The molecule has 1 amide bonds. The molecule has 18 heavy (non-hydrogen) atoms. The number of carbonyl (C=O) groups is 1. The van der Waals surface area contributed by atoms with Gasteiger partial charge in [-0.3, -0.25) is 9.78 Å². The maximum Gasteiger partial charge on any atom is 0.227 e. The van der Waals surface area contributed by atoms with Crippen molar-refractivity contribution < 1.29 is 4.79 Å². The number of pyridine rings is 1. The highest BCUT2D eigenvalue weighted by Gasteiger charge is 2.28. The van der Waals surface area contributed by atoms with Crippen molar-refractivity contribution in [3.63, 3.8) is 0 Å². The van der Waals surface area contributed by atoms with Gasteiger partial charge in [-0.15, -0.1) is 0 Å². The Kier molecular flexibility index (Phi) is 4.31. The lowest BCUT2D eigenvalue weighted by molar-refractivity contribution is -0.137. The second kappa shape index (κ2) is 5.96. The molecule has 2 heterocycles. The Bertz CT molecular complexity index is 385. The van der Waals surface area contributed by atoms with Gasteiger partial charge in [0.2, 0.25) is 5.91 Å². The van der Waals surface area contributed by atoms with Crippen molar-refractivity contribution in [2.45, 2.75) is 32.9 Å². The van der Waals surface area contributed by atoms with Gasteiger partial charge in [0, 0.05) is 31.5 Å². The van der Waals surface area contributed by atoms with Gasteiger partial charge in [-0.1, -0.05) is 6.07 Å². The van der Waals surface area contributed by atoms with Crippen molar-refractivity contribution in [3.05, 3.63) is 30.1 Å². The number of rotatable bonds is 4. The van der Waals surface area contributed by atoms with Crippen molar-refractivity contribution in [1.82, 2.24) is 15.2 Å². The van der Waals surface area contributed by atoms with E-state index in [9.17, 15) is 4.79 Å². The number of nitrogens with zero attached hydrogens (tertiary/aromatic N) is 2. The maximum atomic E-state index is 12.5. The summed E-state index contributed by atoms with van der Waals surface area (Å²) in [5.74, 6) is 0.405. The highest BCUT2D eigenvalue weighted by atomic mass is 16.2.